The standard InChI is InChI=1S/C11H11BrFN/c1-6(2)9-5-14-11-8(9)3-7(13)4-10(11)12/h3-6,14H,1-2H3. The van der Waals surface area contributed by atoms with Gasteiger partial charge in [0.15, 0.2) is 0 Å². The van der Waals surface area contributed by atoms with E-state index < -0.39 is 0 Å². The number of halogens is 2. The number of hydrogen-bond acceptors (Lipinski definition) is 0. The van der Waals surface area contributed by atoms with Crippen LogP contribution in [0.25, 0.3) is 10.9 Å². The summed E-state index contributed by atoms with van der Waals surface area (Å²) in [6, 6.07) is 3.05. The first-order valence-electron chi connectivity index (χ1n) is 4.55. The maximum absolute atomic E-state index is 13.2. The van der Waals surface area contributed by atoms with Gasteiger partial charge in [-0.25, -0.2) is 4.39 Å². The van der Waals surface area contributed by atoms with Gasteiger partial charge in [-0.05, 0) is 39.5 Å². The quantitative estimate of drug-likeness (QED) is 0.787. The van der Waals surface area contributed by atoms with Gasteiger partial charge in [-0.1, -0.05) is 13.8 Å². The molecule has 1 aromatic carbocycles. The molecule has 0 amide bonds. The lowest BCUT2D eigenvalue weighted by atomic mass is 10.0. The predicted molar refractivity (Wildman–Crippen MR) is 60.0 cm³/mol. The molecule has 0 bridgehead atoms. The molecule has 1 nitrogen and oxygen atoms in total. The second kappa shape index (κ2) is 3.39. The zero-order chi connectivity index (χ0) is 10.3. The van der Waals surface area contributed by atoms with Crippen molar-refractivity contribution in [1.29, 1.82) is 0 Å². The minimum Gasteiger partial charge on any atom is -0.360 e. The van der Waals surface area contributed by atoms with E-state index in [2.05, 4.69) is 34.8 Å². The first-order chi connectivity index (χ1) is 6.59. The number of rotatable bonds is 1. The molecule has 74 valence electrons. The highest BCUT2D eigenvalue weighted by atomic mass is 79.9. The van der Waals surface area contributed by atoms with E-state index in [9.17, 15) is 4.39 Å². The molecule has 0 saturated heterocycles. The van der Waals surface area contributed by atoms with Crippen molar-refractivity contribution in [2.24, 2.45) is 0 Å². The molecule has 0 atom stereocenters. The Balaban J connectivity index is 2.78. The SMILES string of the molecule is CC(C)c1c[nH]c2c(Br)cc(F)cc12. The van der Waals surface area contributed by atoms with E-state index >= 15 is 0 Å². The molecule has 1 N–H and O–H groups in total. The summed E-state index contributed by atoms with van der Waals surface area (Å²) in [6.07, 6.45) is 1.94. The van der Waals surface area contributed by atoms with Crippen molar-refractivity contribution in [3.05, 3.63) is 34.2 Å². The molecule has 1 heterocycles. The highest BCUT2D eigenvalue weighted by molar-refractivity contribution is 9.10. The fourth-order valence-corrected chi connectivity index (χ4v) is 2.20. The normalized spacial score (nSPS) is 11.5. The van der Waals surface area contributed by atoms with Gasteiger partial charge in [-0.2, -0.15) is 0 Å². The summed E-state index contributed by atoms with van der Waals surface area (Å²) in [5.41, 5.74) is 2.12. The first-order valence-corrected chi connectivity index (χ1v) is 5.35. The molecule has 1 aromatic heterocycles. The lowest BCUT2D eigenvalue weighted by molar-refractivity contribution is 0.629. The summed E-state index contributed by atoms with van der Waals surface area (Å²) in [5.74, 6) is 0.198. The van der Waals surface area contributed by atoms with Crippen LogP contribution < -0.4 is 0 Å². The topological polar surface area (TPSA) is 15.8 Å². The molecular weight excluding hydrogens is 245 g/mol. The molecule has 0 aliphatic rings. The van der Waals surface area contributed by atoms with Crippen LogP contribution in [0.2, 0.25) is 0 Å². The van der Waals surface area contributed by atoms with Gasteiger partial charge < -0.3 is 4.98 Å². The number of nitrogens with one attached hydrogen (secondary N) is 1. The van der Waals surface area contributed by atoms with Crippen molar-refractivity contribution in [1.82, 2.24) is 4.98 Å². The smallest absolute Gasteiger partial charge is 0.125 e. The minimum atomic E-state index is -0.203. The number of benzene rings is 1. The molecule has 0 fully saturated rings. The molecule has 0 unspecified atom stereocenters. The summed E-state index contributed by atoms with van der Waals surface area (Å²) < 4.78 is 14.0. The van der Waals surface area contributed by atoms with Crippen molar-refractivity contribution in [2.45, 2.75) is 19.8 Å². The Morgan fingerprint density at radius 1 is 1.36 bits per heavy atom. The van der Waals surface area contributed by atoms with E-state index in [1.165, 1.54) is 6.07 Å². The number of aromatic nitrogens is 1. The fourth-order valence-electron chi connectivity index (χ4n) is 1.65. The third-order valence-electron chi connectivity index (χ3n) is 2.36. The van der Waals surface area contributed by atoms with Crippen LogP contribution in [0.15, 0.2) is 22.8 Å². The third-order valence-corrected chi connectivity index (χ3v) is 2.99. The van der Waals surface area contributed by atoms with E-state index in [0.29, 0.717) is 5.92 Å². The Morgan fingerprint density at radius 3 is 2.71 bits per heavy atom. The largest absolute Gasteiger partial charge is 0.360 e. The third kappa shape index (κ3) is 1.46. The Hall–Kier alpha value is -0.830. The van der Waals surface area contributed by atoms with Crippen LogP contribution in [0.3, 0.4) is 0 Å². The average Bonchev–Trinajstić information content (AvgIpc) is 2.47. The second-order valence-corrected chi connectivity index (χ2v) is 4.56. The molecule has 14 heavy (non-hydrogen) atoms. The van der Waals surface area contributed by atoms with Gasteiger partial charge in [-0.15, -0.1) is 0 Å². The van der Waals surface area contributed by atoms with Gasteiger partial charge >= 0.3 is 0 Å². The van der Waals surface area contributed by atoms with Crippen LogP contribution in [0.1, 0.15) is 25.3 Å². The lowest BCUT2D eigenvalue weighted by Gasteiger charge is -2.02. The summed E-state index contributed by atoms with van der Waals surface area (Å²) in [4.78, 5) is 3.15. The van der Waals surface area contributed by atoms with Gasteiger partial charge in [0.25, 0.3) is 0 Å². The van der Waals surface area contributed by atoms with Crippen LogP contribution in [0.4, 0.5) is 4.39 Å². The van der Waals surface area contributed by atoms with Gasteiger partial charge in [0, 0.05) is 16.1 Å². The Kier molecular flexibility index (Phi) is 2.35. The minimum absolute atomic E-state index is 0.203. The van der Waals surface area contributed by atoms with Crippen LogP contribution in [0.5, 0.6) is 0 Å². The molecule has 0 aliphatic carbocycles. The summed E-state index contributed by atoms with van der Waals surface area (Å²) in [5, 5.41) is 0.965. The van der Waals surface area contributed by atoms with Crippen LogP contribution in [0, 0.1) is 5.82 Å². The van der Waals surface area contributed by atoms with E-state index in [1.54, 1.807) is 6.07 Å². The zero-order valence-corrected chi connectivity index (χ0v) is 9.65. The monoisotopic (exact) mass is 255 g/mol. The van der Waals surface area contributed by atoms with Crippen LogP contribution >= 0.6 is 15.9 Å². The Morgan fingerprint density at radius 2 is 2.07 bits per heavy atom. The molecule has 2 aromatic rings. The van der Waals surface area contributed by atoms with Crippen molar-refractivity contribution >= 4 is 26.8 Å². The molecule has 0 saturated carbocycles. The fraction of sp³-hybridized carbons (Fsp3) is 0.273. The lowest BCUT2D eigenvalue weighted by Crippen LogP contribution is -1.84. The maximum atomic E-state index is 13.2. The van der Waals surface area contributed by atoms with Crippen molar-refractivity contribution in [3.8, 4) is 0 Å². The first kappa shape index (κ1) is 9.71. The average molecular weight is 256 g/mol. The molecule has 0 aliphatic heterocycles. The van der Waals surface area contributed by atoms with Crippen molar-refractivity contribution in [3.63, 3.8) is 0 Å². The van der Waals surface area contributed by atoms with E-state index in [1.807, 2.05) is 6.20 Å². The van der Waals surface area contributed by atoms with E-state index in [0.717, 1.165) is 20.9 Å². The van der Waals surface area contributed by atoms with Gasteiger partial charge in [0.2, 0.25) is 0 Å². The van der Waals surface area contributed by atoms with Crippen molar-refractivity contribution in [2.75, 3.05) is 0 Å². The highest BCUT2D eigenvalue weighted by Crippen LogP contribution is 2.30. The van der Waals surface area contributed by atoms with Crippen molar-refractivity contribution < 1.29 is 4.39 Å². The second-order valence-electron chi connectivity index (χ2n) is 3.71. The summed E-state index contributed by atoms with van der Waals surface area (Å²) in [6.45, 7) is 4.20. The van der Waals surface area contributed by atoms with Gasteiger partial charge in [-0.3, -0.25) is 0 Å². The number of aromatic amines is 1. The summed E-state index contributed by atoms with van der Waals surface area (Å²) >= 11 is 3.34. The number of fused-ring (bicyclic) bond motifs is 1. The zero-order valence-electron chi connectivity index (χ0n) is 8.07. The number of hydrogen-bond donors (Lipinski definition) is 1. The van der Waals surface area contributed by atoms with Crippen LogP contribution in [-0.4, -0.2) is 4.98 Å². The predicted octanol–water partition coefficient (Wildman–Crippen LogP) is 4.19. The molecular formula is C11H11BrFN. The van der Waals surface area contributed by atoms with Gasteiger partial charge in [0.05, 0.1) is 5.52 Å². The summed E-state index contributed by atoms with van der Waals surface area (Å²) in [7, 11) is 0. The van der Waals surface area contributed by atoms with E-state index in [4.69, 9.17) is 0 Å². The van der Waals surface area contributed by atoms with Gasteiger partial charge in [0.1, 0.15) is 5.82 Å². The van der Waals surface area contributed by atoms with E-state index in [-0.39, 0.29) is 5.82 Å². The molecule has 0 spiro atoms. The highest BCUT2D eigenvalue weighted by Gasteiger charge is 2.10. The maximum Gasteiger partial charge on any atom is 0.125 e. The molecule has 2 rings (SSSR count). The van der Waals surface area contributed by atoms with Crippen LogP contribution in [-0.2, 0) is 0 Å². The number of H-pyrrole nitrogens is 1. The Labute approximate surface area is 90.5 Å². The molecule has 3 heteroatoms. The molecule has 0 radical (unpaired) electrons. The Bertz CT molecular complexity index is 473.